The van der Waals surface area contributed by atoms with Gasteiger partial charge in [-0.3, -0.25) is 0 Å². The molecule has 0 spiro atoms. The molecule has 0 aromatic carbocycles. The minimum Gasteiger partial charge on any atom is -0.465 e. The average Bonchev–Trinajstić information content (AvgIpc) is 2.26. The van der Waals surface area contributed by atoms with Crippen molar-refractivity contribution in [3.8, 4) is 0 Å². The van der Waals surface area contributed by atoms with Gasteiger partial charge in [-0.15, -0.1) is 0 Å². The van der Waals surface area contributed by atoms with Gasteiger partial charge >= 0.3 is 5.97 Å². The van der Waals surface area contributed by atoms with Gasteiger partial charge in [0.15, 0.2) is 0 Å². The van der Waals surface area contributed by atoms with E-state index in [9.17, 15) is 4.79 Å². The maximum Gasteiger partial charge on any atom is 0.341 e. The number of carbonyl (C=O) groups is 1. The van der Waals surface area contributed by atoms with Crippen LogP contribution in [0.1, 0.15) is 24.2 Å². The molecule has 0 aliphatic heterocycles. The SMILES string of the molecule is COC(=O)c1cc(N)cnc1N(C)CC(C)C. The van der Waals surface area contributed by atoms with Crippen molar-refractivity contribution in [2.24, 2.45) is 5.92 Å². The van der Waals surface area contributed by atoms with Crippen LogP contribution in [0.25, 0.3) is 0 Å². The van der Waals surface area contributed by atoms with Crippen LogP contribution >= 0.6 is 0 Å². The number of ether oxygens (including phenoxy) is 1. The molecule has 1 rings (SSSR count). The molecule has 0 radical (unpaired) electrons. The number of carbonyl (C=O) groups excluding carboxylic acids is 1. The number of nitrogens with two attached hydrogens (primary N) is 1. The Hall–Kier alpha value is -1.78. The second-order valence-electron chi connectivity index (χ2n) is 4.41. The zero-order chi connectivity index (χ0) is 13.0. The third kappa shape index (κ3) is 3.34. The third-order valence-corrected chi connectivity index (χ3v) is 2.29. The topological polar surface area (TPSA) is 68.5 Å². The van der Waals surface area contributed by atoms with E-state index in [4.69, 9.17) is 10.5 Å². The molecule has 0 aliphatic rings. The predicted octanol–water partition coefficient (Wildman–Crippen LogP) is 1.54. The van der Waals surface area contributed by atoms with E-state index in [0.717, 1.165) is 6.54 Å². The molecule has 1 heterocycles. The summed E-state index contributed by atoms with van der Waals surface area (Å²) >= 11 is 0. The molecule has 94 valence electrons. The Bertz CT molecular complexity index is 405. The van der Waals surface area contributed by atoms with Gasteiger partial charge in [0.2, 0.25) is 0 Å². The molecule has 1 aromatic heterocycles. The van der Waals surface area contributed by atoms with Gasteiger partial charge in [-0.05, 0) is 12.0 Å². The molecule has 5 nitrogen and oxygen atoms in total. The van der Waals surface area contributed by atoms with Crippen molar-refractivity contribution >= 4 is 17.5 Å². The minimum absolute atomic E-state index is 0.399. The normalized spacial score (nSPS) is 10.4. The molecule has 1 aromatic rings. The molecule has 0 amide bonds. The Morgan fingerprint density at radius 1 is 1.59 bits per heavy atom. The quantitative estimate of drug-likeness (QED) is 0.804. The van der Waals surface area contributed by atoms with Crippen molar-refractivity contribution in [2.45, 2.75) is 13.8 Å². The number of nitrogen functional groups attached to an aromatic ring is 1. The Balaban J connectivity index is 3.09. The molecule has 0 saturated heterocycles. The van der Waals surface area contributed by atoms with Crippen LogP contribution in [0.15, 0.2) is 12.3 Å². The third-order valence-electron chi connectivity index (χ3n) is 2.29. The van der Waals surface area contributed by atoms with Crippen molar-refractivity contribution in [2.75, 3.05) is 31.3 Å². The molecule has 0 bridgehead atoms. The molecule has 17 heavy (non-hydrogen) atoms. The van der Waals surface area contributed by atoms with Crippen LogP contribution in [0.5, 0.6) is 0 Å². The largest absolute Gasteiger partial charge is 0.465 e. The molecule has 0 unspecified atom stereocenters. The zero-order valence-electron chi connectivity index (χ0n) is 10.7. The van der Waals surface area contributed by atoms with Gasteiger partial charge < -0.3 is 15.4 Å². The van der Waals surface area contributed by atoms with Crippen LogP contribution in [-0.4, -0.2) is 31.7 Å². The highest BCUT2D eigenvalue weighted by molar-refractivity contribution is 5.95. The van der Waals surface area contributed by atoms with Crippen LogP contribution < -0.4 is 10.6 Å². The number of methoxy groups -OCH3 is 1. The number of rotatable bonds is 4. The fourth-order valence-corrected chi connectivity index (χ4v) is 1.67. The standard InChI is InChI=1S/C12H19N3O2/c1-8(2)7-15(3)11-10(12(16)17-4)5-9(13)6-14-11/h5-6,8H,7,13H2,1-4H3. The lowest BCUT2D eigenvalue weighted by Crippen LogP contribution is -2.26. The minimum atomic E-state index is -0.421. The fraction of sp³-hybridized carbons (Fsp3) is 0.500. The van der Waals surface area contributed by atoms with Crippen molar-refractivity contribution in [3.63, 3.8) is 0 Å². The number of aromatic nitrogens is 1. The van der Waals surface area contributed by atoms with Gasteiger partial charge in [0, 0.05) is 13.6 Å². The zero-order valence-corrected chi connectivity index (χ0v) is 10.7. The number of hydrogen-bond acceptors (Lipinski definition) is 5. The Kier molecular flexibility index (Phi) is 4.31. The molecule has 2 N–H and O–H groups in total. The second-order valence-corrected chi connectivity index (χ2v) is 4.41. The van der Waals surface area contributed by atoms with Gasteiger partial charge in [0.05, 0.1) is 19.0 Å². The number of nitrogens with zero attached hydrogens (tertiary/aromatic N) is 2. The molecule has 0 fully saturated rings. The highest BCUT2D eigenvalue weighted by atomic mass is 16.5. The number of hydrogen-bond donors (Lipinski definition) is 1. The van der Waals surface area contributed by atoms with Crippen LogP contribution in [0.2, 0.25) is 0 Å². The number of pyridine rings is 1. The lowest BCUT2D eigenvalue weighted by Gasteiger charge is -2.22. The molecule has 5 heteroatoms. The smallest absolute Gasteiger partial charge is 0.341 e. The Labute approximate surface area is 102 Å². The highest BCUT2D eigenvalue weighted by Crippen LogP contribution is 2.20. The van der Waals surface area contributed by atoms with Crippen LogP contribution in [0, 0.1) is 5.92 Å². The Morgan fingerprint density at radius 2 is 2.24 bits per heavy atom. The summed E-state index contributed by atoms with van der Waals surface area (Å²) in [5.74, 6) is 0.653. The van der Waals surface area contributed by atoms with Gasteiger partial charge in [-0.1, -0.05) is 13.8 Å². The summed E-state index contributed by atoms with van der Waals surface area (Å²) in [6.07, 6.45) is 1.54. The van der Waals surface area contributed by atoms with Crippen molar-refractivity contribution < 1.29 is 9.53 Å². The Morgan fingerprint density at radius 3 is 2.76 bits per heavy atom. The molecular formula is C12H19N3O2. The van der Waals surface area contributed by atoms with E-state index in [1.54, 1.807) is 12.3 Å². The lowest BCUT2D eigenvalue weighted by atomic mass is 10.2. The fourth-order valence-electron chi connectivity index (χ4n) is 1.67. The predicted molar refractivity (Wildman–Crippen MR) is 68.1 cm³/mol. The first-order valence-corrected chi connectivity index (χ1v) is 5.50. The highest BCUT2D eigenvalue weighted by Gasteiger charge is 2.17. The van der Waals surface area contributed by atoms with E-state index in [2.05, 4.69) is 18.8 Å². The van der Waals surface area contributed by atoms with E-state index in [1.807, 2.05) is 11.9 Å². The van der Waals surface area contributed by atoms with E-state index in [1.165, 1.54) is 7.11 Å². The summed E-state index contributed by atoms with van der Waals surface area (Å²) < 4.78 is 4.73. The van der Waals surface area contributed by atoms with Crippen molar-refractivity contribution in [1.29, 1.82) is 0 Å². The monoisotopic (exact) mass is 237 g/mol. The van der Waals surface area contributed by atoms with Gasteiger partial charge in [-0.2, -0.15) is 0 Å². The first kappa shape index (κ1) is 13.3. The average molecular weight is 237 g/mol. The summed E-state index contributed by atoms with van der Waals surface area (Å²) in [5, 5.41) is 0. The molecular weight excluding hydrogens is 218 g/mol. The first-order valence-electron chi connectivity index (χ1n) is 5.50. The van der Waals surface area contributed by atoms with Crippen LogP contribution in [0.4, 0.5) is 11.5 Å². The first-order chi connectivity index (χ1) is 7.95. The van der Waals surface area contributed by atoms with Crippen molar-refractivity contribution in [1.82, 2.24) is 4.98 Å². The van der Waals surface area contributed by atoms with Crippen molar-refractivity contribution in [3.05, 3.63) is 17.8 Å². The molecule has 0 saturated carbocycles. The maximum absolute atomic E-state index is 11.6. The summed E-state index contributed by atoms with van der Waals surface area (Å²) in [4.78, 5) is 17.8. The summed E-state index contributed by atoms with van der Waals surface area (Å²) in [5.41, 5.74) is 6.48. The van der Waals surface area contributed by atoms with Crippen LogP contribution in [-0.2, 0) is 4.74 Å². The summed E-state index contributed by atoms with van der Waals surface area (Å²) in [7, 11) is 3.24. The maximum atomic E-state index is 11.6. The second kappa shape index (κ2) is 5.52. The van der Waals surface area contributed by atoms with E-state index in [-0.39, 0.29) is 0 Å². The van der Waals surface area contributed by atoms with E-state index < -0.39 is 5.97 Å². The summed E-state index contributed by atoms with van der Waals surface area (Å²) in [6, 6.07) is 1.59. The molecule has 0 atom stereocenters. The summed E-state index contributed by atoms with van der Waals surface area (Å²) in [6.45, 7) is 5.01. The lowest BCUT2D eigenvalue weighted by molar-refractivity contribution is 0.0601. The van der Waals surface area contributed by atoms with E-state index in [0.29, 0.717) is 23.0 Å². The number of anilines is 2. The van der Waals surface area contributed by atoms with Gasteiger partial charge in [0.25, 0.3) is 0 Å². The molecule has 0 aliphatic carbocycles. The van der Waals surface area contributed by atoms with E-state index >= 15 is 0 Å². The van der Waals surface area contributed by atoms with Gasteiger partial charge in [0.1, 0.15) is 11.4 Å². The van der Waals surface area contributed by atoms with Gasteiger partial charge in [-0.25, -0.2) is 9.78 Å². The number of esters is 1. The van der Waals surface area contributed by atoms with Crippen LogP contribution in [0.3, 0.4) is 0 Å².